The Bertz CT molecular complexity index is 801. The number of hydrogen-bond acceptors (Lipinski definition) is 3. The number of aliphatic hydroxyl groups is 1. The highest BCUT2D eigenvalue weighted by atomic mass is 79.9. The maximum absolute atomic E-state index is 10.5. The van der Waals surface area contributed by atoms with Gasteiger partial charge in [-0.3, -0.25) is 0 Å². The van der Waals surface area contributed by atoms with Gasteiger partial charge in [-0.25, -0.2) is 0 Å². The minimum absolute atomic E-state index is 0.457. The molecule has 0 spiro atoms. The quantitative estimate of drug-likeness (QED) is 0.581. The average molecular weight is 404 g/mol. The predicted molar refractivity (Wildman–Crippen MR) is 107 cm³/mol. The van der Waals surface area contributed by atoms with Crippen LogP contribution in [0.3, 0.4) is 0 Å². The number of hydrogen-bond donors (Lipinski definition) is 1. The van der Waals surface area contributed by atoms with E-state index in [0.29, 0.717) is 6.54 Å². The van der Waals surface area contributed by atoms with Crippen LogP contribution in [0, 0.1) is 0 Å². The van der Waals surface area contributed by atoms with Crippen LogP contribution in [0.2, 0.25) is 0 Å². The number of fused-ring (bicyclic) bond motifs is 1. The van der Waals surface area contributed by atoms with Crippen LogP contribution in [0.4, 0.5) is 0 Å². The van der Waals surface area contributed by atoms with E-state index in [1.807, 2.05) is 35.6 Å². The molecule has 3 rings (SSSR count). The summed E-state index contributed by atoms with van der Waals surface area (Å²) in [7, 11) is 0. The fourth-order valence-electron chi connectivity index (χ4n) is 2.95. The van der Waals surface area contributed by atoms with E-state index in [-0.39, 0.29) is 0 Å². The van der Waals surface area contributed by atoms with Crippen molar-refractivity contribution < 1.29 is 5.11 Å². The van der Waals surface area contributed by atoms with Crippen LogP contribution in [-0.2, 0) is 6.42 Å². The Morgan fingerprint density at radius 3 is 2.79 bits per heavy atom. The number of halogens is 1. The fourth-order valence-corrected chi connectivity index (χ4v) is 4.36. The Hall–Kier alpha value is -1.20. The molecule has 0 radical (unpaired) electrons. The van der Waals surface area contributed by atoms with Crippen molar-refractivity contribution in [3.63, 3.8) is 0 Å². The zero-order valence-electron chi connectivity index (χ0n) is 13.8. The lowest BCUT2D eigenvalue weighted by molar-refractivity contribution is 0.116. The van der Waals surface area contributed by atoms with Gasteiger partial charge in [0.25, 0.3) is 0 Å². The molecule has 1 N–H and O–H groups in total. The van der Waals surface area contributed by atoms with Gasteiger partial charge in [-0.2, -0.15) is 0 Å². The molecule has 0 aliphatic rings. The maximum Gasteiger partial charge on any atom is 0.0917 e. The van der Waals surface area contributed by atoms with Gasteiger partial charge >= 0.3 is 0 Å². The summed E-state index contributed by atoms with van der Waals surface area (Å²) in [6.45, 7) is 4.71. The molecule has 1 heterocycles. The van der Waals surface area contributed by atoms with Crippen LogP contribution in [0.1, 0.15) is 24.2 Å². The van der Waals surface area contributed by atoms with Crippen LogP contribution in [0.5, 0.6) is 0 Å². The van der Waals surface area contributed by atoms with Gasteiger partial charge in [0.15, 0.2) is 0 Å². The van der Waals surface area contributed by atoms with Crippen molar-refractivity contribution in [2.24, 2.45) is 0 Å². The Labute approximate surface area is 155 Å². The molecule has 24 heavy (non-hydrogen) atoms. The second-order valence-corrected chi connectivity index (χ2v) is 7.80. The number of aliphatic hydroxyl groups excluding tert-OH is 1. The van der Waals surface area contributed by atoms with E-state index < -0.39 is 6.10 Å². The molecule has 2 aromatic carbocycles. The highest BCUT2D eigenvalue weighted by Crippen LogP contribution is 2.26. The lowest BCUT2D eigenvalue weighted by Gasteiger charge is -2.24. The maximum atomic E-state index is 10.5. The molecular weight excluding hydrogens is 382 g/mol. The Morgan fingerprint density at radius 2 is 2.00 bits per heavy atom. The van der Waals surface area contributed by atoms with Crippen molar-refractivity contribution in [2.75, 3.05) is 19.6 Å². The smallest absolute Gasteiger partial charge is 0.0917 e. The van der Waals surface area contributed by atoms with Crippen LogP contribution >= 0.6 is 27.3 Å². The van der Waals surface area contributed by atoms with E-state index >= 15 is 0 Å². The predicted octanol–water partition coefficient (Wildman–Crippen LogP) is 5.26. The molecule has 1 aromatic heterocycles. The zero-order chi connectivity index (χ0) is 16.9. The highest BCUT2D eigenvalue weighted by molar-refractivity contribution is 9.10. The van der Waals surface area contributed by atoms with E-state index in [4.69, 9.17) is 0 Å². The lowest BCUT2D eigenvalue weighted by atomic mass is 10.1. The fraction of sp³-hybridized carbons (Fsp3) is 0.300. The summed E-state index contributed by atoms with van der Waals surface area (Å²) in [5.41, 5.74) is 2.37. The van der Waals surface area contributed by atoms with Gasteiger partial charge in [0.05, 0.1) is 6.10 Å². The molecule has 0 aliphatic carbocycles. The van der Waals surface area contributed by atoms with Crippen LogP contribution in [0.25, 0.3) is 10.1 Å². The first kappa shape index (κ1) is 17.6. The topological polar surface area (TPSA) is 23.5 Å². The standard InChI is InChI=1S/C20H22BrNOS/c1-2-22(13-19(23)15-6-5-7-17(21)12-15)11-10-16-14-24-20-9-4-3-8-18(16)20/h3-9,12,14,19,23H,2,10-11,13H2,1H3/t19-/m0/s1. The van der Waals surface area contributed by atoms with Crippen molar-refractivity contribution >= 4 is 37.4 Å². The molecule has 1 atom stereocenters. The van der Waals surface area contributed by atoms with Gasteiger partial charge < -0.3 is 10.0 Å². The second kappa shape index (κ2) is 8.26. The summed E-state index contributed by atoms with van der Waals surface area (Å²) < 4.78 is 2.36. The number of thiophene rings is 1. The molecule has 2 nitrogen and oxygen atoms in total. The van der Waals surface area contributed by atoms with E-state index in [9.17, 15) is 5.11 Å². The van der Waals surface area contributed by atoms with Crippen LogP contribution in [0.15, 0.2) is 58.4 Å². The van der Waals surface area contributed by atoms with Crippen molar-refractivity contribution in [1.82, 2.24) is 4.90 Å². The minimum atomic E-state index is -0.457. The summed E-state index contributed by atoms with van der Waals surface area (Å²) in [5, 5.41) is 14.1. The molecule has 0 saturated carbocycles. The van der Waals surface area contributed by atoms with E-state index in [1.54, 1.807) is 0 Å². The molecule has 126 valence electrons. The molecule has 0 fully saturated rings. The zero-order valence-corrected chi connectivity index (χ0v) is 16.2. The summed E-state index contributed by atoms with van der Waals surface area (Å²) in [6, 6.07) is 16.5. The lowest BCUT2D eigenvalue weighted by Crippen LogP contribution is -2.30. The first-order chi connectivity index (χ1) is 11.7. The molecule has 0 aliphatic heterocycles. The molecule has 0 unspecified atom stereocenters. The van der Waals surface area contributed by atoms with Gasteiger partial charge in [0.1, 0.15) is 0 Å². The van der Waals surface area contributed by atoms with Crippen molar-refractivity contribution in [1.29, 1.82) is 0 Å². The largest absolute Gasteiger partial charge is 0.387 e. The molecule has 3 aromatic rings. The normalized spacial score (nSPS) is 12.8. The van der Waals surface area contributed by atoms with Crippen molar-refractivity contribution in [2.45, 2.75) is 19.4 Å². The average Bonchev–Trinajstić information content (AvgIpc) is 3.01. The van der Waals surface area contributed by atoms with Crippen molar-refractivity contribution in [3.8, 4) is 0 Å². The first-order valence-corrected chi connectivity index (χ1v) is 9.95. The third-order valence-corrected chi connectivity index (χ3v) is 5.88. The summed E-state index contributed by atoms with van der Waals surface area (Å²) >= 11 is 5.28. The third kappa shape index (κ3) is 4.25. The van der Waals surface area contributed by atoms with E-state index in [1.165, 1.54) is 15.6 Å². The minimum Gasteiger partial charge on any atom is -0.387 e. The molecule has 0 amide bonds. The number of nitrogens with zero attached hydrogens (tertiary/aromatic N) is 1. The van der Waals surface area contributed by atoms with E-state index in [2.05, 4.69) is 57.4 Å². The molecule has 0 saturated heterocycles. The summed E-state index contributed by atoms with van der Waals surface area (Å²) in [6.07, 6.45) is 0.560. The van der Waals surface area contributed by atoms with Crippen LogP contribution in [-0.4, -0.2) is 29.6 Å². The van der Waals surface area contributed by atoms with Gasteiger partial charge in [0, 0.05) is 22.3 Å². The number of benzene rings is 2. The van der Waals surface area contributed by atoms with Crippen LogP contribution < -0.4 is 0 Å². The monoisotopic (exact) mass is 403 g/mol. The molecule has 4 heteroatoms. The highest BCUT2D eigenvalue weighted by Gasteiger charge is 2.13. The molecule has 0 bridgehead atoms. The Balaban J connectivity index is 1.62. The number of likely N-dealkylation sites (N-methyl/N-ethyl adjacent to an activating group) is 1. The van der Waals surface area contributed by atoms with Gasteiger partial charge in [-0.05, 0) is 53.1 Å². The second-order valence-electron chi connectivity index (χ2n) is 5.97. The van der Waals surface area contributed by atoms with Crippen molar-refractivity contribution in [3.05, 3.63) is 69.5 Å². The van der Waals surface area contributed by atoms with E-state index in [0.717, 1.165) is 29.5 Å². The summed E-state index contributed by atoms with van der Waals surface area (Å²) in [4.78, 5) is 2.32. The van der Waals surface area contributed by atoms with Gasteiger partial charge in [-0.15, -0.1) is 11.3 Å². The van der Waals surface area contributed by atoms with Gasteiger partial charge in [-0.1, -0.05) is 53.2 Å². The number of rotatable bonds is 7. The Morgan fingerprint density at radius 1 is 1.17 bits per heavy atom. The Kier molecular flexibility index (Phi) is 6.06. The molecular formula is C20H22BrNOS. The SMILES string of the molecule is CCN(CCc1csc2ccccc12)C[C@H](O)c1cccc(Br)c1. The third-order valence-electron chi connectivity index (χ3n) is 4.37. The van der Waals surface area contributed by atoms with Gasteiger partial charge in [0.2, 0.25) is 0 Å². The summed E-state index contributed by atoms with van der Waals surface area (Å²) in [5.74, 6) is 0. The first-order valence-electron chi connectivity index (χ1n) is 8.28.